The Morgan fingerprint density at radius 3 is 2.19 bits per heavy atom. The first-order chi connectivity index (χ1) is 14.6. The fraction of sp³-hybridized carbons (Fsp3) is 0.550. The van der Waals surface area contributed by atoms with Crippen molar-refractivity contribution in [3.8, 4) is 10.6 Å². The number of alkyl halides is 6. The summed E-state index contributed by atoms with van der Waals surface area (Å²) in [4.78, 5) is 8.98. The third-order valence-electron chi connectivity index (χ3n) is 4.89. The highest BCUT2D eigenvalue weighted by atomic mass is 32.1. The zero-order valence-electron chi connectivity index (χ0n) is 16.7. The van der Waals surface area contributed by atoms with Crippen LogP contribution in [0.15, 0.2) is 29.6 Å². The maximum atomic E-state index is 12.7. The molecule has 0 N–H and O–H groups in total. The molecule has 0 unspecified atom stereocenters. The van der Waals surface area contributed by atoms with Crippen molar-refractivity contribution in [3.05, 3.63) is 40.9 Å². The van der Waals surface area contributed by atoms with E-state index in [4.69, 9.17) is 0 Å². The lowest BCUT2D eigenvalue weighted by Crippen LogP contribution is -2.46. The minimum absolute atomic E-state index is 0.0886. The summed E-state index contributed by atoms with van der Waals surface area (Å²) >= 11 is 1.40. The SMILES string of the molecule is FC(F)(F)COCCCN1CCN(Cc2csc(-c3ccc(C(F)(F)F)cc3)n2)CC1. The molecule has 0 aliphatic carbocycles. The summed E-state index contributed by atoms with van der Waals surface area (Å²) in [5.74, 6) is 0. The van der Waals surface area contributed by atoms with Crippen LogP contribution in [-0.2, 0) is 17.5 Å². The van der Waals surface area contributed by atoms with Gasteiger partial charge in [0.15, 0.2) is 0 Å². The van der Waals surface area contributed by atoms with Crippen molar-refractivity contribution in [1.82, 2.24) is 14.8 Å². The molecule has 31 heavy (non-hydrogen) atoms. The van der Waals surface area contributed by atoms with Gasteiger partial charge in [0.05, 0.1) is 11.3 Å². The number of piperazine rings is 1. The van der Waals surface area contributed by atoms with Crippen LogP contribution in [-0.4, -0.2) is 66.9 Å². The molecule has 2 aromatic rings. The highest BCUT2D eigenvalue weighted by Gasteiger charge is 2.30. The van der Waals surface area contributed by atoms with E-state index in [1.807, 2.05) is 5.38 Å². The van der Waals surface area contributed by atoms with Gasteiger partial charge in [-0.25, -0.2) is 4.98 Å². The lowest BCUT2D eigenvalue weighted by Gasteiger charge is -2.34. The normalized spacial score (nSPS) is 16.7. The Balaban J connectivity index is 1.40. The molecule has 11 heteroatoms. The van der Waals surface area contributed by atoms with Gasteiger partial charge in [-0.05, 0) is 18.6 Å². The van der Waals surface area contributed by atoms with E-state index in [2.05, 4.69) is 19.5 Å². The Hall–Kier alpha value is -1.69. The smallest absolute Gasteiger partial charge is 0.372 e. The molecule has 0 saturated carbocycles. The molecule has 1 aliphatic rings. The zero-order chi connectivity index (χ0) is 22.5. The van der Waals surface area contributed by atoms with Gasteiger partial charge in [0.25, 0.3) is 0 Å². The van der Waals surface area contributed by atoms with Gasteiger partial charge < -0.3 is 9.64 Å². The average molecular weight is 467 g/mol. The molecule has 1 saturated heterocycles. The zero-order valence-corrected chi connectivity index (χ0v) is 17.5. The van der Waals surface area contributed by atoms with Gasteiger partial charge in [-0.2, -0.15) is 26.3 Å². The molecule has 1 fully saturated rings. The fourth-order valence-corrected chi connectivity index (χ4v) is 4.11. The number of nitrogens with zero attached hydrogens (tertiary/aromatic N) is 3. The van der Waals surface area contributed by atoms with Crippen LogP contribution in [0.25, 0.3) is 10.6 Å². The highest BCUT2D eigenvalue weighted by Crippen LogP contribution is 2.32. The molecule has 0 radical (unpaired) electrons. The minimum atomic E-state index is -4.36. The summed E-state index contributed by atoms with van der Waals surface area (Å²) in [6, 6.07) is 4.98. The lowest BCUT2D eigenvalue weighted by atomic mass is 10.1. The number of benzene rings is 1. The van der Waals surface area contributed by atoms with Crippen molar-refractivity contribution in [3.63, 3.8) is 0 Å². The number of halogens is 6. The van der Waals surface area contributed by atoms with E-state index in [0.29, 0.717) is 30.1 Å². The third-order valence-corrected chi connectivity index (χ3v) is 5.83. The van der Waals surface area contributed by atoms with E-state index < -0.39 is 24.5 Å². The Morgan fingerprint density at radius 1 is 0.935 bits per heavy atom. The molecular weight excluding hydrogens is 444 g/mol. The van der Waals surface area contributed by atoms with Crippen molar-refractivity contribution in [1.29, 1.82) is 0 Å². The first-order valence-electron chi connectivity index (χ1n) is 9.81. The van der Waals surface area contributed by atoms with Crippen LogP contribution >= 0.6 is 11.3 Å². The van der Waals surface area contributed by atoms with Crippen molar-refractivity contribution in [2.45, 2.75) is 25.3 Å². The standard InChI is InChI=1S/C20H23F6N3OS/c21-19(22,23)14-30-11-1-6-28-7-9-29(10-8-28)12-17-13-31-18(27-17)15-2-4-16(5-3-15)20(24,25)26/h2-5,13H,1,6-12,14H2. The van der Waals surface area contributed by atoms with Crippen LogP contribution in [0, 0.1) is 0 Å². The summed E-state index contributed by atoms with van der Waals surface area (Å²) in [7, 11) is 0. The van der Waals surface area contributed by atoms with Crippen LogP contribution < -0.4 is 0 Å². The quantitative estimate of drug-likeness (QED) is 0.407. The topological polar surface area (TPSA) is 28.6 Å². The first kappa shape index (κ1) is 24.0. The third kappa shape index (κ3) is 7.74. The number of hydrogen-bond acceptors (Lipinski definition) is 5. The van der Waals surface area contributed by atoms with Crippen molar-refractivity contribution >= 4 is 11.3 Å². The van der Waals surface area contributed by atoms with Crippen LogP contribution in [0.4, 0.5) is 26.3 Å². The van der Waals surface area contributed by atoms with Gasteiger partial charge in [-0.1, -0.05) is 12.1 Å². The fourth-order valence-electron chi connectivity index (χ4n) is 3.29. The van der Waals surface area contributed by atoms with Crippen molar-refractivity contribution in [2.24, 2.45) is 0 Å². The van der Waals surface area contributed by atoms with E-state index in [9.17, 15) is 26.3 Å². The Labute approximate surface area is 180 Å². The summed E-state index contributed by atoms with van der Waals surface area (Å²) in [5.41, 5.74) is 0.841. The molecule has 2 heterocycles. The van der Waals surface area contributed by atoms with E-state index in [1.54, 1.807) is 0 Å². The molecular formula is C20H23F6N3OS. The van der Waals surface area contributed by atoms with Crippen LogP contribution in [0.2, 0.25) is 0 Å². The molecule has 0 spiro atoms. The number of aromatic nitrogens is 1. The van der Waals surface area contributed by atoms with E-state index >= 15 is 0 Å². The van der Waals surface area contributed by atoms with Crippen LogP contribution in [0.5, 0.6) is 0 Å². The first-order valence-corrected chi connectivity index (χ1v) is 10.7. The second-order valence-electron chi connectivity index (χ2n) is 7.36. The summed E-state index contributed by atoms with van der Waals surface area (Å²) < 4.78 is 78.8. The lowest BCUT2D eigenvalue weighted by molar-refractivity contribution is -0.174. The molecule has 1 aliphatic heterocycles. The molecule has 1 aromatic carbocycles. The van der Waals surface area contributed by atoms with E-state index in [1.165, 1.54) is 23.5 Å². The van der Waals surface area contributed by atoms with Gasteiger partial charge in [0, 0.05) is 56.8 Å². The molecule has 0 atom stereocenters. The molecule has 172 valence electrons. The number of thiazole rings is 1. The van der Waals surface area contributed by atoms with Crippen LogP contribution in [0.3, 0.4) is 0 Å². The maximum Gasteiger partial charge on any atom is 0.416 e. The predicted molar refractivity (Wildman–Crippen MR) is 106 cm³/mol. The predicted octanol–water partition coefficient (Wildman–Crippen LogP) is 4.92. The summed E-state index contributed by atoms with van der Waals surface area (Å²) in [5, 5.41) is 2.60. The van der Waals surface area contributed by atoms with Gasteiger partial charge >= 0.3 is 12.4 Å². The molecule has 1 aromatic heterocycles. The van der Waals surface area contributed by atoms with Crippen molar-refractivity contribution in [2.75, 3.05) is 45.9 Å². The number of hydrogen-bond donors (Lipinski definition) is 0. The largest absolute Gasteiger partial charge is 0.416 e. The van der Waals surface area contributed by atoms with Crippen molar-refractivity contribution < 1.29 is 31.1 Å². The average Bonchev–Trinajstić information content (AvgIpc) is 3.16. The monoisotopic (exact) mass is 467 g/mol. The molecule has 0 bridgehead atoms. The Bertz CT molecular complexity index is 814. The number of ether oxygens (including phenoxy) is 1. The van der Waals surface area contributed by atoms with Crippen LogP contribution in [0.1, 0.15) is 17.7 Å². The number of rotatable bonds is 8. The maximum absolute atomic E-state index is 12.7. The van der Waals surface area contributed by atoms with Gasteiger partial charge in [0.1, 0.15) is 11.6 Å². The second kappa shape index (κ2) is 10.3. The van der Waals surface area contributed by atoms with Gasteiger partial charge in [-0.3, -0.25) is 4.90 Å². The molecule has 3 rings (SSSR count). The molecule has 0 amide bonds. The Morgan fingerprint density at radius 2 is 1.58 bits per heavy atom. The summed E-state index contributed by atoms with van der Waals surface area (Å²) in [6.45, 7) is 3.49. The minimum Gasteiger partial charge on any atom is -0.372 e. The van der Waals surface area contributed by atoms with E-state index in [-0.39, 0.29) is 6.61 Å². The van der Waals surface area contributed by atoms with Gasteiger partial charge in [0.2, 0.25) is 0 Å². The second-order valence-corrected chi connectivity index (χ2v) is 8.22. The molecule has 4 nitrogen and oxygen atoms in total. The summed E-state index contributed by atoms with van der Waals surface area (Å²) in [6.07, 6.45) is -8.09. The highest BCUT2D eigenvalue weighted by molar-refractivity contribution is 7.13. The van der Waals surface area contributed by atoms with E-state index in [0.717, 1.165) is 44.0 Å². The van der Waals surface area contributed by atoms with Gasteiger partial charge in [-0.15, -0.1) is 11.3 Å². The Kier molecular flexibility index (Phi) is 7.95.